The van der Waals surface area contributed by atoms with Crippen LogP contribution in [0.25, 0.3) is 0 Å². The summed E-state index contributed by atoms with van der Waals surface area (Å²) in [5, 5.41) is 6.25. The second-order valence-corrected chi connectivity index (χ2v) is 5.08. The number of benzene rings is 2. The van der Waals surface area contributed by atoms with Crippen LogP contribution in [0.5, 0.6) is 0 Å². The Hall–Kier alpha value is -2.49. The summed E-state index contributed by atoms with van der Waals surface area (Å²) < 4.78 is 0. The summed E-state index contributed by atoms with van der Waals surface area (Å²) in [7, 11) is 0. The zero-order chi connectivity index (χ0) is 14.1. The van der Waals surface area contributed by atoms with Gasteiger partial charge in [0.1, 0.15) is 0 Å². The first-order valence-corrected chi connectivity index (χ1v) is 6.68. The lowest BCUT2D eigenvalue weighted by Crippen LogP contribution is -2.18. The van der Waals surface area contributed by atoms with E-state index >= 15 is 0 Å². The van der Waals surface area contributed by atoms with Gasteiger partial charge in [0, 0.05) is 17.8 Å². The van der Waals surface area contributed by atoms with Crippen molar-refractivity contribution in [2.75, 3.05) is 16.4 Å². The molecule has 102 valence electrons. The average molecular weight is 267 g/mol. The highest BCUT2D eigenvalue weighted by atomic mass is 16.1. The zero-order valence-electron chi connectivity index (χ0n) is 11.4. The third-order valence-electron chi connectivity index (χ3n) is 3.58. The number of hydrogen-bond acceptors (Lipinski definition) is 3. The fraction of sp³-hybridized carbons (Fsp3) is 0.188. The van der Waals surface area contributed by atoms with E-state index in [9.17, 15) is 4.79 Å². The molecule has 0 spiro atoms. The van der Waals surface area contributed by atoms with Crippen LogP contribution in [0.3, 0.4) is 0 Å². The number of carbonyl (C=O) groups excluding carboxylic acids is 1. The van der Waals surface area contributed by atoms with Gasteiger partial charge in [0.25, 0.3) is 0 Å². The third-order valence-corrected chi connectivity index (χ3v) is 3.58. The van der Waals surface area contributed by atoms with Crippen LogP contribution in [-0.4, -0.2) is 5.91 Å². The summed E-state index contributed by atoms with van der Waals surface area (Å²) >= 11 is 0. The number of rotatable bonds is 2. The van der Waals surface area contributed by atoms with Gasteiger partial charge in [-0.2, -0.15) is 0 Å². The summed E-state index contributed by atoms with van der Waals surface area (Å²) in [6.07, 6.45) is 1.32. The summed E-state index contributed by atoms with van der Waals surface area (Å²) in [5.41, 5.74) is 11.8. The van der Waals surface area contributed by atoms with Crippen molar-refractivity contribution in [3.05, 3.63) is 47.5 Å². The molecule has 0 fully saturated rings. The highest BCUT2D eigenvalue weighted by Gasteiger charge is 2.15. The van der Waals surface area contributed by atoms with Crippen molar-refractivity contribution >= 4 is 28.7 Å². The summed E-state index contributed by atoms with van der Waals surface area (Å²) in [5.74, 6) is 0.0846. The van der Waals surface area contributed by atoms with Gasteiger partial charge in [0.05, 0.1) is 11.4 Å². The molecule has 4 heteroatoms. The Morgan fingerprint density at radius 3 is 2.85 bits per heavy atom. The predicted molar refractivity (Wildman–Crippen MR) is 82.3 cm³/mol. The fourth-order valence-corrected chi connectivity index (χ4v) is 2.47. The van der Waals surface area contributed by atoms with Crippen molar-refractivity contribution in [2.45, 2.75) is 19.8 Å². The largest absolute Gasteiger partial charge is 0.397 e. The molecule has 0 unspecified atom stereocenters. The number of nitrogens with two attached hydrogens (primary N) is 1. The van der Waals surface area contributed by atoms with Crippen LogP contribution in [-0.2, 0) is 11.2 Å². The molecule has 0 saturated heterocycles. The Labute approximate surface area is 118 Å². The van der Waals surface area contributed by atoms with Gasteiger partial charge >= 0.3 is 0 Å². The summed E-state index contributed by atoms with van der Waals surface area (Å²) in [4.78, 5) is 11.3. The molecule has 4 nitrogen and oxygen atoms in total. The van der Waals surface area contributed by atoms with Crippen molar-refractivity contribution in [2.24, 2.45) is 0 Å². The van der Waals surface area contributed by atoms with E-state index in [0.29, 0.717) is 6.42 Å². The van der Waals surface area contributed by atoms with Crippen LogP contribution >= 0.6 is 0 Å². The summed E-state index contributed by atoms with van der Waals surface area (Å²) in [6.45, 7) is 2.03. The predicted octanol–water partition coefficient (Wildman–Crippen LogP) is 3.21. The number of aryl methyl sites for hydroxylation is 2. The molecular weight excluding hydrogens is 250 g/mol. The Bertz CT molecular complexity index is 659. The monoisotopic (exact) mass is 267 g/mol. The first-order valence-electron chi connectivity index (χ1n) is 6.68. The number of hydrogen-bond donors (Lipinski definition) is 3. The number of amides is 1. The van der Waals surface area contributed by atoms with E-state index in [1.807, 2.05) is 37.3 Å². The van der Waals surface area contributed by atoms with Gasteiger partial charge in [0.15, 0.2) is 0 Å². The smallest absolute Gasteiger partial charge is 0.224 e. The number of anilines is 4. The van der Waals surface area contributed by atoms with E-state index in [1.165, 1.54) is 0 Å². The molecular formula is C16H17N3O. The van der Waals surface area contributed by atoms with E-state index in [4.69, 9.17) is 5.73 Å². The maximum Gasteiger partial charge on any atom is 0.224 e. The van der Waals surface area contributed by atoms with Crippen molar-refractivity contribution in [1.82, 2.24) is 0 Å². The second kappa shape index (κ2) is 4.89. The minimum absolute atomic E-state index is 0.0846. The van der Waals surface area contributed by atoms with Gasteiger partial charge in [-0.3, -0.25) is 4.79 Å². The minimum atomic E-state index is 0.0846. The van der Waals surface area contributed by atoms with Crippen LogP contribution < -0.4 is 16.4 Å². The van der Waals surface area contributed by atoms with Crippen LogP contribution in [0.4, 0.5) is 22.7 Å². The molecule has 1 aliphatic rings. The van der Waals surface area contributed by atoms with E-state index in [0.717, 1.165) is 40.3 Å². The number of para-hydroxylation sites is 1. The van der Waals surface area contributed by atoms with Crippen LogP contribution in [0.1, 0.15) is 17.5 Å². The Morgan fingerprint density at radius 2 is 2.05 bits per heavy atom. The van der Waals surface area contributed by atoms with Crippen molar-refractivity contribution in [1.29, 1.82) is 0 Å². The molecule has 1 aliphatic heterocycles. The standard InChI is InChI=1S/C16H17N3O/c1-10-3-2-4-13(17)16(10)18-12-6-7-14-11(9-12)5-8-15(20)19-14/h2-4,6-7,9,18H,5,8,17H2,1H3,(H,19,20). The Kier molecular flexibility index (Phi) is 3.06. The van der Waals surface area contributed by atoms with Crippen LogP contribution in [0.15, 0.2) is 36.4 Å². The van der Waals surface area contributed by atoms with E-state index in [-0.39, 0.29) is 5.91 Å². The van der Waals surface area contributed by atoms with E-state index < -0.39 is 0 Å². The molecule has 2 aromatic rings. The van der Waals surface area contributed by atoms with E-state index in [1.54, 1.807) is 0 Å². The molecule has 0 bridgehead atoms. The second-order valence-electron chi connectivity index (χ2n) is 5.08. The van der Waals surface area contributed by atoms with Gasteiger partial charge < -0.3 is 16.4 Å². The lowest BCUT2D eigenvalue weighted by Gasteiger charge is -2.19. The third kappa shape index (κ3) is 2.32. The highest BCUT2D eigenvalue weighted by molar-refractivity contribution is 5.94. The molecule has 0 radical (unpaired) electrons. The molecule has 0 aliphatic carbocycles. The minimum Gasteiger partial charge on any atom is -0.397 e. The van der Waals surface area contributed by atoms with E-state index in [2.05, 4.69) is 16.7 Å². The quantitative estimate of drug-likeness (QED) is 0.732. The number of nitrogens with one attached hydrogen (secondary N) is 2. The van der Waals surface area contributed by atoms with Gasteiger partial charge in [-0.1, -0.05) is 12.1 Å². The average Bonchev–Trinajstić information content (AvgIpc) is 2.43. The van der Waals surface area contributed by atoms with Crippen LogP contribution in [0, 0.1) is 6.92 Å². The molecule has 3 rings (SSSR count). The van der Waals surface area contributed by atoms with Gasteiger partial charge in [-0.05, 0) is 48.7 Å². The molecule has 1 heterocycles. The normalized spacial score (nSPS) is 13.6. The SMILES string of the molecule is Cc1cccc(N)c1Nc1ccc2c(c1)CCC(=O)N2. The molecule has 20 heavy (non-hydrogen) atoms. The Balaban J connectivity index is 1.91. The van der Waals surface area contributed by atoms with Crippen molar-refractivity contribution < 1.29 is 4.79 Å². The number of fused-ring (bicyclic) bond motifs is 1. The molecule has 1 amide bonds. The lowest BCUT2D eigenvalue weighted by atomic mass is 10.0. The van der Waals surface area contributed by atoms with Gasteiger partial charge in [-0.15, -0.1) is 0 Å². The maximum absolute atomic E-state index is 11.3. The van der Waals surface area contributed by atoms with Gasteiger partial charge in [0.2, 0.25) is 5.91 Å². The molecule has 0 saturated carbocycles. The van der Waals surface area contributed by atoms with Crippen LogP contribution in [0.2, 0.25) is 0 Å². The summed E-state index contributed by atoms with van der Waals surface area (Å²) in [6, 6.07) is 11.8. The molecule has 4 N–H and O–H groups in total. The molecule has 2 aromatic carbocycles. The topological polar surface area (TPSA) is 67.1 Å². The maximum atomic E-state index is 11.3. The first kappa shape index (κ1) is 12.5. The molecule has 0 aromatic heterocycles. The number of carbonyl (C=O) groups is 1. The van der Waals surface area contributed by atoms with Crippen molar-refractivity contribution in [3.8, 4) is 0 Å². The fourth-order valence-electron chi connectivity index (χ4n) is 2.47. The zero-order valence-corrected chi connectivity index (χ0v) is 11.4. The lowest BCUT2D eigenvalue weighted by molar-refractivity contribution is -0.116. The van der Waals surface area contributed by atoms with Crippen molar-refractivity contribution in [3.63, 3.8) is 0 Å². The highest BCUT2D eigenvalue weighted by Crippen LogP contribution is 2.30. The Morgan fingerprint density at radius 1 is 1.20 bits per heavy atom. The van der Waals surface area contributed by atoms with Gasteiger partial charge in [-0.25, -0.2) is 0 Å². The number of nitrogen functional groups attached to an aromatic ring is 1. The molecule has 0 atom stereocenters. The first-order chi connectivity index (χ1) is 9.63.